The van der Waals surface area contributed by atoms with Gasteiger partial charge in [-0.3, -0.25) is 20.0 Å². The van der Waals surface area contributed by atoms with Crippen molar-refractivity contribution in [2.75, 3.05) is 10.3 Å². The first-order valence-corrected chi connectivity index (χ1v) is 8.27. The molecule has 1 fully saturated rings. The van der Waals surface area contributed by atoms with Gasteiger partial charge in [0.2, 0.25) is 5.96 Å². The first kappa shape index (κ1) is 16.5. The van der Waals surface area contributed by atoms with Gasteiger partial charge in [-0.25, -0.2) is 10.0 Å². The first-order chi connectivity index (χ1) is 13.1. The number of aryl methyl sites for hydroxylation is 1. The number of amides is 1. The van der Waals surface area contributed by atoms with Crippen molar-refractivity contribution < 1.29 is 4.79 Å². The predicted octanol–water partition coefficient (Wildman–Crippen LogP) is 2.34. The molecule has 8 nitrogen and oxygen atoms in total. The monoisotopic (exact) mass is 360 g/mol. The molecule has 1 saturated heterocycles. The third-order valence-electron chi connectivity index (χ3n) is 4.03. The molecule has 1 aliphatic rings. The molecule has 0 spiro atoms. The number of nitrogens with zero attached hydrogens (tertiary/aromatic N) is 3. The summed E-state index contributed by atoms with van der Waals surface area (Å²) in [6.45, 7) is 1.96. The number of H-pyrrole nitrogens is 1. The number of anilines is 2. The van der Waals surface area contributed by atoms with E-state index in [9.17, 15) is 9.59 Å². The average Bonchev–Trinajstić information content (AvgIpc) is 3.43. The van der Waals surface area contributed by atoms with Crippen molar-refractivity contribution in [2.45, 2.75) is 6.92 Å². The van der Waals surface area contributed by atoms with E-state index in [0.717, 1.165) is 16.9 Å². The maximum Gasteiger partial charge on any atom is 0.261 e. The lowest BCUT2D eigenvalue weighted by Gasteiger charge is -2.09. The maximum absolute atomic E-state index is 12.3. The summed E-state index contributed by atoms with van der Waals surface area (Å²) < 4.78 is 0. The highest BCUT2D eigenvalue weighted by molar-refractivity contribution is 6.11. The van der Waals surface area contributed by atoms with Crippen LogP contribution in [0.3, 0.4) is 0 Å². The zero-order valence-electron chi connectivity index (χ0n) is 14.4. The summed E-state index contributed by atoms with van der Waals surface area (Å²) in [7, 11) is 0. The largest absolute Gasteiger partial charge is 0.328 e. The van der Waals surface area contributed by atoms with Gasteiger partial charge in [-0.2, -0.15) is 0 Å². The molecule has 134 valence electrons. The molecule has 1 aliphatic heterocycles. The number of carbonyl (C=O) groups excluding carboxylic acids is 1. The second-order valence-electron chi connectivity index (χ2n) is 5.96. The van der Waals surface area contributed by atoms with E-state index in [1.165, 1.54) is 12.3 Å². The van der Waals surface area contributed by atoms with Gasteiger partial charge in [-0.05, 0) is 48.9 Å². The molecule has 4 rings (SSSR count). The second kappa shape index (κ2) is 6.75. The van der Waals surface area contributed by atoms with Gasteiger partial charge in [-0.1, -0.05) is 6.07 Å². The Bertz CT molecular complexity index is 1090. The Morgan fingerprint density at radius 1 is 1.22 bits per heavy atom. The zero-order valence-corrected chi connectivity index (χ0v) is 14.4. The van der Waals surface area contributed by atoms with Crippen LogP contribution in [0.5, 0.6) is 0 Å². The molecular weight excluding hydrogens is 344 g/mol. The number of rotatable bonds is 4. The second-order valence-corrected chi connectivity index (χ2v) is 5.96. The van der Waals surface area contributed by atoms with Crippen LogP contribution in [0.1, 0.15) is 15.9 Å². The summed E-state index contributed by atoms with van der Waals surface area (Å²) >= 11 is 0. The Balaban J connectivity index is 1.55. The Morgan fingerprint density at radius 3 is 2.89 bits per heavy atom. The minimum Gasteiger partial charge on any atom is -0.328 e. The molecule has 27 heavy (non-hydrogen) atoms. The topological polar surface area (TPSA) is 112 Å². The number of aromatic amines is 1. The number of benzene rings is 1. The van der Waals surface area contributed by atoms with Gasteiger partial charge >= 0.3 is 0 Å². The molecule has 0 bridgehead atoms. The molecule has 0 saturated carbocycles. The summed E-state index contributed by atoms with van der Waals surface area (Å²) in [5.74, 6) is 0.226. The maximum atomic E-state index is 12.3. The van der Waals surface area contributed by atoms with Crippen molar-refractivity contribution in [3.8, 4) is 0 Å². The quantitative estimate of drug-likeness (QED) is 0.618. The van der Waals surface area contributed by atoms with Gasteiger partial charge in [0.1, 0.15) is 5.56 Å². The zero-order chi connectivity index (χ0) is 18.8. The summed E-state index contributed by atoms with van der Waals surface area (Å²) in [5, 5.41) is 4.56. The summed E-state index contributed by atoms with van der Waals surface area (Å²) in [4.78, 5) is 35.1. The standard InChI is InChI=1S/C19H16N6O2/c1-12-6-7-13(22-18(27)15-5-3-9-21-17(15)26)10-16(12)25-19(24-25)23-14-4-2-8-20-11-14/h2-11H,1H3,(H,21,26)(H,22,27)(H,23,24). The minimum atomic E-state index is -0.463. The van der Waals surface area contributed by atoms with Crippen LogP contribution >= 0.6 is 0 Å². The van der Waals surface area contributed by atoms with Crippen molar-refractivity contribution in [1.82, 2.24) is 15.4 Å². The SMILES string of the molecule is Cc1ccc(NC(=O)c2ccc[nH]c2=O)cc1N1NC1=Nc1cccnc1. The number of hydrazine groups is 1. The summed E-state index contributed by atoms with van der Waals surface area (Å²) in [6, 6.07) is 12.3. The normalized spacial score (nSPS) is 14.0. The molecule has 3 N–H and O–H groups in total. The van der Waals surface area contributed by atoms with Gasteiger partial charge in [0.15, 0.2) is 0 Å². The van der Waals surface area contributed by atoms with Crippen LogP contribution < -0.4 is 21.3 Å². The number of hydrogen-bond donors (Lipinski definition) is 3. The van der Waals surface area contributed by atoms with E-state index in [-0.39, 0.29) is 5.56 Å². The fourth-order valence-electron chi connectivity index (χ4n) is 2.59. The van der Waals surface area contributed by atoms with E-state index >= 15 is 0 Å². The molecule has 1 aromatic carbocycles. The Hall–Kier alpha value is -3.94. The third-order valence-corrected chi connectivity index (χ3v) is 4.03. The number of nitrogens with one attached hydrogen (secondary N) is 3. The lowest BCUT2D eigenvalue weighted by molar-refractivity contribution is 0.102. The lowest BCUT2D eigenvalue weighted by atomic mass is 10.1. The molecule has 3 heterocycles. The molecule has 3 aromatic rings. The van der Waals surface area contributed by atoms with Crippen molar-refractivity contribution in [1.29, 1.82) is 0 Å². The van der Waals surface area contributed by atoms with E-state index in [1.54, 1.807) is 24.5 Å². The van der Waals surface area contributed by atoms with Gasteiger partial charge < -0.3 is 10.3 Å². The molecule has 2 aromatic heterocycles. The van der Waals surface area contributed by atoms with E-state index in [1.807, 2.05) is 36.2 Å². The van der Waals surface area contributed by atoms with E-state index in [0.29, 0.717) is 11.6 Å². The summed E-state index contributed by atoms with van der Waals surface area (Å²) in [6.07, 6.45) is 4.85. The lowest BCUT2D eigenvalue weighted by Crippen LogP contribution is -2.22. The van der Waals surface area contributed by atoms with Crippen LogP contribution in [0.4, 0.5) is 17.1 Å². The van der Waals surface area contributed by atoms with E-state index in [4.69, 9.17) is 0 Å². The van der Waals surface area contributed by atoms with Crippen molar-refractivity contribution in [3.05, 3.63) is 82.5 Å². The highest BCUT2D eigenvalue weighted by Gasteiger charge is 2.30. The van der Waals surface area contributed by atoms with Crippen LogP contribution in [-0.2, 0) is 0 Å². The van der Waals surface area contributed by atoms with E-state index < -0.39 is 11.5 Å². The number of carbonyl (C=O) groups is 1. The molecular formula is C19H16N6O2. The van der Waals surface area contributed by atoms with Crippen LogP contribution in [0.25, 0.3) is 0 Å². The smallest absolute Gasteiger partial charge is 0.261 e. The number of guanidine groups is 1. The summed E-state index contributed by atoms with van der Waals surface area (Å²) in [5.41, 5.74) is 5.90. The van der Waals surface area contributed by atoms with Gasteiger partial charge in [-0.15, -0.1) is 0 Å². The fourth-order valence-corrected chi connectivity index (χ4v) is 2.59. The highest BCUT2D eigenvalue weighted by atomic mass is 16.2. The van der Waals surface area contributed by atoms with Crippen LogP contribution in [0.2, 0.25) is 0 Å². The fraction of sp³-hybridized carbons (Fsp3) is 0.0526. The number of aromatic nitrogens is 2. The Morgan fingerprint density at radius 2 is 2.11 bits per heavy atom. The molecule has 0 unspecified atom stereocenters. The molecule has 1 amide bonds. The van der Waals surface area contributed by atoms with Gasteiger partial charge in [0.05, 0.1) is 17.6 Å². The number of aliphatic imine (C=N–C) groups is 1. The highest BCUT2D eigenvalue weighted by Crippen LogP contribution is 2.28. The van der Waals surface area contributed by atoms with Crippen LogP contribution in [0.15, 0.2) is 70.8 Å². The van der Waals surface area contributed by atoms with Crippen molar-refractivity contribution >= 4 is 28.9 Å². The van der Waals surface area contributed by atoms with E-state index in [2.05, 4.69) is 25.7 Å². The molecule has 0 radical (unpaired) electrons. The van der Waals surface area contributed by atoms with Gasteiger partial charge in [0.25, 0.3) is 11.5 Å². The number of hydrogen-bond acceptors (Lipinski definition) is 4. The first-order valence-electron chi connectivity index (χ1n) is 8.27. The molecule has 0 atom stereocenters. The third kappa shape index (κ3) is 3.54. The Labute approximate surface area is 154 Å². The molecule has 0 aliphatic carbocycles. The average molecular weight is 360 g/mol. The van der Waals surface area contributed by atoms with Crippen molar-refractivity contribution in [2.24, 2.45) is 4.99 Å². The van der Waals surface area contributed by atoms with Crippen LogP contribution in [0, 0.1) is 6.92 Å². The molecule has 8 heteroatoms. The van der Waals surface area contributed by atoms with Crippen molar-refractivity contribution in [3.63, 3.8) is 0 Å². The Kier molecular flexibility index (Phi) is 4.13. The van der Waals surface area contributed by atoms with Crippen LogP contribution in [-0.4, -0.2) is 21.8 Å². The predicted molar refractivity (Wildman–Crippen MR) is 103 cm³/mol. The van der Waals surface area contributed by atoms with Gasteiger partial charge in [0, 0.05) is 18.1 Å². The number of pyridine rings is 2. The minimum absolute atomic E-state index is 0.0586.